The van der Waals surface area contributed by atoms with Crippen LogP contribution in [-0.4, -0.2) is 30.1 Å². The largest absolute Gasteiger partial charge is 0.478 e. The van der Waals surface area contributed by atoms with Gasteiger partial charge in [0.15, 0.2) is 0 Å². The summed E-state index contributed by atoms with van der Waals surface area (Å²) in [6.07, 6.45) is 0.524. The van der Waals surface area contributed by atoms with Gasteiger partial charge in [-0.1, -0.05) is 6.07 Å². The molecule has 0 aromatic heterocycles. The van der Waals surface area contributed by atoms with Gasteiger partial charge in [-0.2, -0.15) is 0 Å². The molecule has 0 aliphatic carbocycles. The number of carboxylic acids is 1. The van der Waals surface area contributed by atoms with Gasteiger partial charge in [-0.3, -0.25) is 4.79 Å². The van der Waals surface area contributed by atoms with E-state index in [2.05, 4.69) is 10.6 Å². The molecule has 1 aliphatic heterocycles. The van der Waals surface area contributed by atoms with Gasteiger partial charge in [-0.15, -0.1) is 0 Å². The minimum absolute atomic E-state index is 0.0728. The van der Waals surface area contributed by atoms with Crippen LogP contribution in [0.3, 0.4) is 0 Å². The zero-order valence-electron chi connectivity index (χ0n) is 9.49. The van der Waals surface area contributed by atoms with Crippen LogP contribution in [0.25, 0.3) is 0 Å². The first-order chi connectivity index (χ1) is 8.11. The quantitative estimate of drug-likeness (QED) is 0.680. The minimum Gasteiger partial charge on any atom is -0.478 e. The molecule has 0 saturated carbocycles. The van der Waals surface area contributed by atoms with Crippen molar-refractivity contribution in [1.82, 2.24) is 10.6 Å². The summed E-state index contributed by atoms with van der Waals surface area (Å²) in [7, 11) is 1.59. The van der Waals surface area contributed by atoms with Crippen molar-refractivity contribution in [1.29, 1.82) is 0 Å². The predicted molar refractivity (Wildman–Crippen MR) is 61.8 cm³/mol. The minimum atomic E-state index is -0.942. The van der Waals surface area contributed by atoms with E-state index in [9.17, 15) is 9.59 Å². The van der Waals surface area contributed by atoms with Crippen LogP contribution in [0.2, 0.25) is 0 Å². The number of fused-ring (bicyclic) bond motifs is 1. The van der Waals surface area contributed by atoms with Gasteiger partial charge in [0, 0.05) is 13.6 Å². The number of likely N-dealkylation sites (N-methyl/N-ethyl adjacent to an activating group) is 1. The third-order valence-electron chi connectivity index (χ3n) is 2.98. The highest BCUT2D eigenvalue weighted by atomic mass is 16.4. The van der Waals surface area contributed by atoms with E-state index in [1.54, 1.807) is 25.2 Å². The number of amides is 1. The van der Waals surface area contributed by atoms with E-state index in [0.29, 0.717) is 13.0 Å². The van der Waals surface area contributed by atoms with Gasteiger partial charge in [0.05, 0.1) is 11.6 Å². The molecule has 1 aromatic rings. The Hall–Kier alpha value is -1.88. The number of hydrogen-bond donors (Lipinski definition) is 3. The lowest BCUT2D eigenvalue weighted by Gasteiger charge is -2.25. The van der Waals surface area contributed by atoms with Crippen molar-refractivity contribution >= 4 is 11.9 Å². The first-order valence-electron chi connectivity index (χ1n) is 5.42. The van der Waals surface area contributed by atoms with Gasteiger partial charge >= 0.3 is 5.97 Å². The highest BCUT2D eigenvalue weighted by Gasteiger charge is 2.23. The van der Waals surface area contributed by atoms with E-state index < -0.39 is 5.97 Å². The van der Waals surface area contributed by atoms with E-state index in [-0.39, 0.29) is 17.5 Å². The van der Waals surface area contributed by atoms with Crippen molar-refractivity contribution in [2.45, 2.75) is 19.0 Å². The molecular formula is C12H14N2O3. The van der Waals surface area contributed by atoms with Gasteiger partial charge in [-0.25, -0.2) is 4.79 Å². The van der Waals surface area contributed by atoms with Gasteiger partial charge in [-0.05, 0) is 29.7 Å². The molecule has 0 bridgehead atoms. The molecular weight excluding hydrogens is 220 g/mol. The normalized spacial score (nSPS) is 18.3. The van der Waals surface area contributed by atoms with Crippen LogP contribution in [0.5, 0.6) is 0 Å². The molecule has 0 fully saturated rings. The maximum Gasteiger partial charge on any atom is 0.335 e. The highest BCUT2D eigenvalue weighted by molar-refractivity contribution is 5.88. The number of rotatable bonds is 2. The first-order valence-corrected chi connectivity index (χ1v) is 5.42. The average Bonchev–Trinajstić information content (AvgIpc) is 2.36. The fourth-order valence-corrected chi connectivity index (χ4v) is 2.01. The standard InChI is InChI=1S/C12H14N2O3/c1-13-11(15)10-5-9-4-7(12(16)17)2-3-8(9)6-14-10/h2-4,10,14H,5-6H2,1H3,(H,13,15)(H,16,17). The Bertz CT molecular complexity index is 471. The lowest BCUT2D eigenvalue weighted by molar-refractivity contribution is -0.122. The van der Waals surface area contributed by atoms with Crippen molar-refractivity contribution in [3.63, 3.8) is 0 Å². The maximum atomic E-state index is 11.5. The summed E-state index contributed by atoms with van der Waals surface area (Å²) >= 11 is 0. The predicted octanol–water partition coefficient (Wildman–Crippen LogP) is 0.145. The lowest BCUT2D eigenvalue weighted by atomic mass is 9.93. The van der Waals surface area contributed by atoms with Crippen molar-refractivity contribution < 1.29 is 14.7 Å². The molecule has 1 amide bonds. The molecule has 1 unspecified atom stereocenters. The second kappa shape index (κ2) is 4.55. The molecule has 1 aromatic carbocycles. The summed E-state index contributed by atoms with van der Waals surface area (Å²) in [5, 5.41) is 14.6. The van der Waals surface area contributed by atoms with E-state index in [4.69, 9.17) is 5.11 Å². The second-order valence-electron chi connectivity index (χ2n) is 4.04. The topological polar surface area (TPSA) is 78.4 Å². The first kappa shape index (κ1) is 11.6. The van der Waals surface area contributed by atoms with Crippen LogP contribution in [0, 0.1) is 0 Å². The van der Waals surface area contributed by atoms with Crippen LogP contribution in [0.4, 0.5) is 0 Å². The van der Waals surface area contributed by atoms with E-state index >= 15 is 0 Å². The van der Waals surface area contributed by atoms with Gasteiger partial charge in [0.2, 0.25) is 5.91 Å². The van der Waals surface area contributed by atoms with Crippen molar-refractivity contribution in [3.05, 3.63) is 34.9 Å². The zero-order chi connectivity index (χ0) is 12.4. The Labute approximate surface area is 98.8 Å². The summed E-state index contributed by atoms with van der Waals surface area (Å²) in [6, 6.07) is 4.75. The number of carbonyl (C=O) groups is 2. The van der Waals surface area contributed by atoms with Gasteiger partial charge in [0.1, 0.15) is 0 Å². The highest BCUT2D eigenvalue weighted by Crippen LogP contribution is 2.18. The molecule has 0 spiro atoms. The van der Waals surface area contributed by atoms with Crippen LogP contribution >= 0.6 is 0 Å². The molecule has 17 heavy (non-hydrogen) atoms. The third-order valence-corrected chi connectivity index (χ3v) is 2.98. The molecule has 0 saturated heterocycles. The van der Waals surface area contributed by atoms with Crippen molar-refractivity contribution in [2.75, 3.05) is 7.05 Å². The summed E-state index contributed by atoms with van der Waals surface area (Å²) in [5.41, 5.74) is 2.24. The number of hydrogen-bond acceptors (Lipinski definition) is 3. The summed E-state index contributed by atoms with van der Waals surface area (Å²) in [4.78, 5) is 22.4. The monoisotopic (exact) mass is 234 g/mol. The molecule has 90 valence electrons. The molecule has 0 radical (unpaired) electrons. The SMILES string of the molecule is CNC(=O)C1Cc2cc(C(=O)O)ccc2CN1. The van der Waals surface area contributed by atoms with E-state index in [1.807, 2.05) is 0 Å². The second-order valence-corrected chi connectivity index (χ2v) is 4.04. The fraction of sp³-hybridized carbons (Fsp3) is 0.333. The van der Waals surface area contributed by atoms with Gasteiger partial charge < -0.3 is 15.7 Å². The molecule has 1 atom stereocenters. The number of aromatic carboxylic acids is 1. The lowest BCUT2D eigenvalue weighted by Crippen LogP contribution is -2.46. The number of carbonyl (C=O) groups excluding carboxylic acids is 1. The number of nitrogens with one attached hydrogen (secondary N) is 2. The van der Waals surface area contributed by atoms with Crippen LogP contribution in [-0.2, 0) is 17.8 Å². The maximum absolute atomic E-state index is 11.5. The molecule has 1 heterocycles. The van der Waals surface area contributed by atoms with Crippen molar-refractivity contribution in [3.8, 4) is 0 Å². The smallest absolute Gasteiger partial charge is 0.335 e. The molecule has 3 N–H and O–H groups in total. The van der Waals surface area contributed by atoms with Crippen LogP contribution in [0.15, 0.2) is 18.2 Å². The van der Waals surface area contributed by atoms with E-state index in [1.165, 1.54) is 0 Å². The zero-order valence-corrected chi connectivity index (χ0v) is 9.49. The molecule has 5 nitrogen and oxygen atoms in total. The molecule has 1 aliphatic rings. The number of carboxylic acid groups (broad SMARTS) is 1. The van der Waals surface area contributed by atoms with E-state index in [0.717, 1.165) is 11.1 Å². The number of benzene rings is 1. The summed E-state index contributed by atoms with van der Waals surface area (Å²) in [6.45, 7) is 0.591. The Balaban J connectivity index is 2.26. The third kappa shape index (κ3) is 2.29. The average molecular weight is 234 g/mol. The Morgan fingerprint density at radius 1 is 1.41 bits per heavy atom. The fourth-order valence-electron chi connectivity index (χ4n) is 2.01. The van der Waals surface area contributed by atoms with Crippen molar-refractivity contribution in [2.24, 2.45) is 0 Å². The molecule has 5 heteroatoms. The van der Waals surface area contributed by atoms with Crippen LogP contribution < -0.4 is 10.6 Å². The van der Waals surface area contributed by atoms with Gasteiger partial charge in [0.25, 0.3) is 0 Å². The van der Waals surface area contributed by atoms with Crippen LogP contribution in [0.1, 0.15) is 21.5 Å². The Morgan fingerprint density at radius 2 is 2.18 bits per heavy atom. The summed E-state index contributed by atoms with van der Waals surface area (Å²) in [5.74, 6) is -1.01. The Morgan fingerprint density at radius 3 is 2.82 bits per heavy atom. The summed E-state index contributed by atoms with van der Waals surface area (Å²) < 4.78 is 0. The Kier molecular flexibility index (Phi) is 3.10. The molecule has 2 rings (SSSR count).